The summed E-state index contributed by atoms with van der Waals surface area (Å²) in [5.74, 6) is 1.31. The fraction of sp³-hybridized carbons (Fsp3) is 0.250. The summed E-state index contributed by atoms with van der Waals surface area (Å²) in [6, 6.07) is 21.2. The van der Waals surface area contributed by atoms with E-state index in [0.717, 1.165) is 21.2 Å². The van der Waals surface area contributed by atoms with Gasteiger partial charge in [-0.05, 0) is 52.2 Å². The van der Waals surface area contributed by atoms with E-state index < -0.39 is 6.10 Å². The van der Waals surface area contributed by atoms with E-state index in [2.05, 4.69) is 21.2 Å². The third-order valence-electron chi connectivity index (χ3n) is 4.55. The zero-order chi connectivity index (χ0) is 21.3. The number of rotatable bonds is 10. The summed E-state index contributed by atoms with van der Waals surface area (Å²) < 4.78 is 12.6. The van der Waals surface area contributed by atoms with Crippen LogP contribution in [0.15, 0.2) is 71.2 Å². The molecule has 0 heterocycles. The number of aliphatic hydroxyl groups is 1. The van der Waals surface area contributed by atoms with Gasteiger partial charge in [0, 0.05) is 23.7 Å². The van der Waals surface area contributed by atoms with Crippen LogP contribution in [0, 0.1) is 0 Å². The van der Waals surface area contributed by atoms with Gasteiger partial charge in [0.2, 0.25) is 0 Å². The molecule has 1 atom stereocenters. The number of hydrogen-bond acceptors (Lipinski definition) is 4. The number of hydrogen-bond donors (Lipinski definition) is 2. The summed E-state index contributed by atoms with van der Waals surface area (Å²) in [7, 11) is 0. The highest BCUT2D eigenvalue weighted by atomic mass is 79.9. The van der Waals surface area contributed by atoms with Gasteiger partial charge < -0.3 is 19.9 Å². The Bertz CT molecular complexity index is 952. The second kappa shape index (κ2) is 11.4. The molecule has 0 radical (unpaired) electrons. The van der Waals surface area contributed by atoms with Gasteiger partial charge in [0.15, 0.2) is 11.5 Å². The van der Waals surface area contributed by atoms with Crippen LogP contribution in [-0.4, -0.2) is 18.3 Å². The molecule has 6 heteroatoms. The number of ether oxygens (including phenoxy) is 2. The van der Waals surface area contributed by atoms with Gasteiger partial charge in [-0.25, -0.2) is 0 Å². The Labute approximate surface area is 190 Å². The fourth-order valence-corrected chi connectivity index (χ4v) is 3.83. The van der Waals surface area contributed by atoms with Crippen LogP contribution in [0.4, 0.5) is 0 Å². The average molecular weight is 491 g/mol. The highest BCUT2D eigenvalue weighted by molar-refractivity contribution is 9.10. The van der Waals surface area contributed by atoms with Gasteiger partial charge in [-0.15, -0.1) is 0 Å². The molecule has 0 saturated heterocycles. The first-order valence-electron chi connectivity index (χ1n) is 9.83. The molecule has 4 nitrogen and oxygen atoms in total. The molecule has 158 valence electrons. The Balaban J connectivity index is 1.65. The highest BCUT2D eigenvalue weighted by Gasteiger charge is 2.14. The molecule has 0 aromatic heterocycles. The summed E-state index contributed by atoms with van der Waals surface area (Å²) in [4.78, 5) is 0. The van der Waals surface area contributed by atoms with Crippen molar-refractivity contribution >= 4 is 27.5 Å². The highest BCUT2D eigenvalue weighted by Crippen LogP contribution is 2.37. The SMILES string of the molecule is CCOc1cc(CNC[C@H](O)c2ccccc2)cc(Br)c1OCc1ccccc1Cl. The Kier molecular flexibility index (Phi) is 8.58. The first-order chi connectivity index (χ1) is 14.6. The maximum absolute atomic E-state index is 10.3. The van der Waals surface area contributed by atoms with Crippen molar-refractivity contribution in [2.75, 3.05) is 13.2 Å². The van der Waals surface area contributed by atoms with Crippen LogP contribution < -0.4 is 14.8 Å². The molecule has 0 aliphatic heterocycles. The summed E-state index contributed by atoms with van der Waals surface area (Å²) >= 11 is 9.83. The quantitative estimate of drug-likeness (QED) is 0.371. The molecule has 0 aliphatic rings. The van der Waals surface area contributed by atoms with E-state index in [0.29, 0.717) is 42.8 Å². The van der Waals surface area contributed by atoms with E-state index in [-0.39, 0.29) is 0 Å². The molecule has 3 aromatic carbocycles. The topological polar surface area (TPSA) is 50.7 Å². The fourth-order valence-electron chi connectivity index (χ4n) is 3.04. The van der Waals surface area contributed by atoms with E-state index in [1.807, 2.05) is 73.7 Å². The predicted molar refractivity (Wildman–Crippen MR) is 124 cm³/mol. The van der Waals surface area contributed by atoms with Gasteiger partial charge in [-0.2, -0.15) is 0 Å². The molecule has 30 heavy (non-hydrogen) atoms. The van der Waals surface area contributed by atoms with Crippen LogP contribution in [0.5, 0.6) is 11.5 Å². The molecule has 0 aliphatic carbocycles. The molecule has 3 rings (SSSR count). The smallest absolute Gasteiger partial charge is 0.175 e. The lowest BCUT2D eigenvalue weighted by Gasteiger charge is -2.17. The van der Waals surface area contributed by atoms with Crippen molar-refractivity contribution in [3.05, 3.63) is 92.9 Å². The second-order valence-corrected chi connectivity index (χ2v) is 8.04. The van der Waals surface area contributed by atoms with E-state index >= 15 is 0 Å². The van der Waals surface area contributed by atoms with Gasteiger partial charge in [0.1, 0.15) is 6.61 Å². The van der Waals surface area contributed by atoms with E-state index in [1.54, 1.807) is 0 Å². The Morgan fingerprint density at radius 1 is 1.03 bits per heavy atom. The first-order valence-corrected chi connectivity index (χ1v) is 11.0. The molecule has 2 N–H and O–H groups in total. The number of aliphatic hydroxyl groups excluding tert-OH is 1. The zero-order valence-corrected chi connectivity index (χ0v) is 19.1. The van der Waals surface area contributed by atoms with Crippen molar-refractivity contribution in [2.45, 2.75) is 26.2 Å². The first kappa shape index (κ1) is 22.6. The summed E-state index contributed by atoms with van der Waals surface area (Å²) in [5, 5.41) is 14.3. The molecule has 0 unspecified atom stereocenters. The van der Waals surface area contributed by atoms with Gasteiger partial charge in [0.25, 0.3) is 0 Å². The molecule has 0 bridgehead atoms. The standard InChI is InChI=1S/C24H25BrClNO3/c1-2-29-23-13-17(14-27-15-22(28)18-8-4-3-5-9-18)12-20(25)24(23)30-16-19-10-6-7-11-21(19)26/h3-13,22,27-28H,2,14-16H2,1H3/t22-/m0/s1. The van der Waals surface area contributed by atoms with Crippen LogP contribution in [0.2, 0.25) is 5.02 Å². The van der Waals surface area contributed by atoms with Crippen LogP contribution in [0.3, 0.4) is 0 Å². The van der Waals surface area contributed by atoms with Crippen LogP contribution in [0.1, 0.15) is 29.7 Å². The van der Waals surface area contributed by atoms with Crippen molar-refractivity contribution in [1.82, 2.24) is 5.32 Å². The average Bonchev–Trinajstić information content (AvgIpc) is 2.75. The summed E-state index contributed by atoms with van der Waals surface area (Å²) in [5.41, 5.74) is 2.83. The lowest BCUT2D eigenvalue weighted by atomic mass is 10.1. The van der Waals surface area contributed by atoms with Crippen molar-refractivity contribution in [3.63, 3.8) is 0 Å². The molecular formula is C24H25BrClNO3. The minimum absolute atomic E-state index is 0.346. The number of halogens is 2. The van der Waals surface area contributed by atoms with Gasteiger partial charge in [0.05, 0.1) is 17.2 Å². The van der Waals surface area contributed by atoms with Crippen molar-refractivity contribution < 1.29 is 14.6 Å². The lowest BCUT2D eigenvalue weighted by Crippen LogP contribution is -2.21. The molecule has 0 amide bonds. The van der Waals surface area contributed by atoms with Crippen LogP contribution >= 0.6 is 27.5 Å². The predicted octanol–water partition coefficient (Wildman–Crippen LogP) is 5.90. The van der Waals surface area contributed by atoms with Crippen molar-refractivity contribution in [1.29, 1.82) is 0 Å². The van der Waals surface area contributed by atoms with E-state index in [4.69, 9.17) is 21.1 Å². The molecule has 0 fully saturated rings. The third-order valence-corrected chi connectivity index (χ3v) is 5.51. The molecule has 3 aromatic rings. The van der Waals surface area contributed by atoms with Crippen molar-refractivity contribution in [3.8, 4) is 11.5 Å². The van der Waals surface area contributed by atoms with Crippen LogP contribution in [-0.2, 0) is 13.2 Å². The lowest BCUT2D eigenvalue weighted by molar-refractivity contribution is 0.174. The third kappa shape index (κ3) is 6.22. The zero-order valence-electron chi connectivity index (χ0n) is 16.8. The van der Waals surface area contributed by atoms with E-state index in [1.165, 1.54) is 0 Å². The Morgan fingerprint density at radius 3 is 2.50 bits per heavy atom. The molecule has 0 saturated carbocycles. The van der Waals surface area contributed by atoms with E-state index in [9.17, 15) is 5.11 Å². The number of nitrogens with one attached hydrogen (secondary N) is 1. The minimum atomic E-state index is -0.556. The van der Waals surface area contributed by atoms with Gasteiger partial charge in [-0.1, -0.05) is 60.1 Å². The van der Waals surface area contributed by atoms with Crippen LogP contribution in [0.25, 0.3) is 0 Å². The minimum Gasteiger partial charge on any atom is -0.490 e. The second-order valence-electron chi connectivity index (χ2n) is 6.78. The largest absolute Gasteiger partial charge is 0.490 e. The Hall–Kier alpha value is -2.05. The normalized spacial score (nSPS) is 11.9. The maximum atomic E-state index is 10.3. The molecule has 0 spiro atoms. The number of benzene rings is 3. The van der Waals surface area contributed by atoms with Gasteiger partial charge >= 0.3 is 0 Å². The Morgan fingerprint density at radius 2 is 1.77 bits per heavy atom. The maximum Gasteiger partial charge on any atom is 0.175 e. The van der Waals surface area contributed by atoms with Crippen molar-refractivity contribution in [2.24, 2.45) is 0 Å². The van der Waals surface area contributed by atoms with Gasteiger partial charge in [-0.3, -0.25) is 0 Å². The summed E-state index contributed by atoms with van der Waals surface area (Å²) in [6.45, 7) is 3.86. The summed E-state index contributed by atoms with van der Waals surface area (Å²) in [6.07, 6.45) is -0.556. The molecular weight excluding hydrogens is 466 g/mol. The monoisotopic (exact) mass is 489 g/mol.